The summed E-state index contributed by atoms with van der Waals surface area (Å²) in [6.45, 7) is 4.71. The van der Waals surface area contributed by atoms with Gasteiger partial charge in [0.05, 0.1) is 13.2 Å². The zero-order valence-electron chi connectivity index (χ0n) is 14.8. The maximum atomic E-state index is 12.9. The summed E-state index contributed by atoms with van der Waals surface area (Å²) in [6.07, 6.45) is -12.0. The molecule has 0 radical (unpaired) electrons. The predicted molar refractivity (Wildman–Crippen MR) is 86.3 cm³/mol. The zero-order chi connectivity index (χ0) is 21.1. The van der Waals surface area contributed by atoms with Crippen LogP contribution in [0.15, 0.2) is 24.3 Å². The maximum absolute atomic E-state index is 12.9. The van der Waals surface area contributed by atoms with E-state index >= 15 is 0 Å². The van der Waals surface area contributed by atoms with Gasteiger partial charge in [-0.3, -0.25) is 13.7 Å². The number of hydrogen-bond acceptors (Lipinski definition) is 4. The van der Waals surface area contributed by atoms with Crippen molar-refractivity contribution in [3.05, 3.63) is 29.8 Å². The first-order valence-electron chi connectivity index (χ1n) is 7.92. The minimum Gasteiger partial charge on any atom is -0.369 e. The average molecular weight is 423 g/mol. The number of hydrogen-bond donors (Lipinski definition) is 1. The van der Waals surface area contributed by atoms with Crippen LogP contribution >= 0.6 is 7.75 Å². The Balaban J connectivity index is 3.40. The van der Waals surface area contributed by atoms with Gasteiger partial charge in [-0.2, -0.15) is 26.3 Å². The Morgan fingerprint density at radius 3 is 1.63 bits per heavy atom. The smallest absolute Gasteiger partial charge is 0.369 e. The van der Waals surface area contributed by atoms with Crippen LogP contribution in [-0.4, -0.2) is 37.2 Å². The second-order valence-corrected chi connectivity index (χ2v) is 7.21. The van der Waals surface area contributed by atoms with E-state index < -0.39 is 31.3 Å². The third kappa shape index (κ3) is 4.59. The van der Waals surface area contributed by atoms with Crippen molar-refractivity contribution in [1.29, 1.82) is 0 Å². The molecule has 0 heterocycles. The Labute approximate surface area is 152 Å². The molecule has 1 aromatic carbocycles. The van der Waals surface area contributed by atoms with E-state index in [4.69, 9.17) is 9.05 Å². The molecule has 1 rings (SSSR count). The molecule has 12 heteroatoms. The molecule has 1 aromatic rings. The summed E-state index contributed by atoms with van der Waals surface area (Å²) in [6, 6.07) is 2.71. The number of benzene rings is 1. The molecule has 0 saturated heterocycles. The first-order valence-corrected chi connectivity index (χ1v) is 9.41. The zero-order valence-corrected chi connectivity index (χ0v) is 15.7. The molecule has 0 atom stereocenters. The highest BCUT2D eigenvalue weighted by atomic mass is 31.2. The monoisotopic (exact) mass is 423 g/mol. The highest BCUT2D eigenvalue weighted by Crippen LogP contribution is 2.55. The van der Waals surface area contributed by atoms with Gasteiger partial charge >= 0.3 is 20.1 Å². The van der Waals surface area contributed by atoms with Gasteiger partial charge < -0.3 is 5.11 Å². The lowest BCUT2D eigenvalue weighted by Crippen LogP contribution is -2.53. The van der Waals surface area contributed by atoms with Crippen molar-refractivity contribution in [2.24, 2.45) is 0 Å². The highest BCUT2D eigenvalue weighted by Gasteiger charge is 2.71. The number of alkyl halides is 6. The SMILES string of the molecule is CCOP(=O)(OCC)N(CC)c1ccc(C(O)(C(F)(F)F)C(F)(F)F)cc1. The number of rotatable bonds is 8. The Hall–Kier alpha value is -1.29. The molecule has 0 bridgehead atoms. The molecule has 0 fully saturated rings. The summed E-state index contributed by atoms with van der Waals surface area (Å²) >= 11 is 0. The van der Waals surface area contributed by atoms with E-state index in [0.29, 0.717) is 12.1 Å². The Bertz CT molecular complexity index is 638. The van der Waals surface area contributed by atoms with Crippen LogP contribution in [0.4, 0.5) is 32.0 Å². The number of anilines is 1. The standard InChI is InChI=1S/C15H20F6NO4P/c1-4-22(27(24,25-5-2)26-6-3)12-9-7-11(8-10-12)13(23,14(16,17)18)15(19,20)21/h7-10,23H,4-6H2,1-3H3. The second kappa shape index (κ2) is 8.38. The quantitative estimate of drug-likeness (QED) is 0.471. The van der Waals surface area contributed by atoms with Crippen LogP contribution in [0.2, 0.25) is 0 Å². The van der Waals surface area contributed by atoms with Gasteiger partial charge in [-0.25, -0.2) is 4.57 Å². The second-order valence-electron chi connectivity index (χ2n) is 5.27. The van der Waals surface area contributed by atoms with Crippen LogP contribution < -0.4 is 4.67 Å². The molecular formula is C15H20F6NO4P. The molecule has 0 aliphatic rings. The van der Waals surface area contributed by atoms with Crippen LogP contribution in [0.3, 0.4) is 0 Å². The lowest BCUT2D eigenvalue weighted by Gasteiger charge is -2.34. The highest BCUT2D eigenvalue weighted by molar-refractivity contribution is 7.55. The van der Waals surface area contributed by atoms with E-state index in [2.05, 4.69) is 0 Å². The normalized spacial score (nSPS) is 13.7. The molecule has 0 unspecified atom stereocenters. The molecular weight excluding hydrogens is 403 g/mol. The maximum Gasteiger partial charge on any atom is 0.435 e. The van der Waals surface area contributed by atoms with Crippen LogP contribution in [0.5, 0.6) is 0 Å². The van der Waals surface area contributed by atoms with E-state index in [9.17, 15) is 36.0 Å². The Morgan fingerprint density at radius 2 is 1.33 bits per heavy atom. The van der Waals surface area contributed by atoms with E-state index in [1.54, 1.807) is 20.8 Å². The summed E-state index contributed by atoms with van der Waals surface area (Å²) in [7, 11) is -3.85. The molecule has 0 spiro atoms. The summed E-state index contributed by atoms with van der Waals surface area (Å²) in [5.74, 6) is 0. The Kier molecular flexibility index (Phi) is 7.37. The average Bonchev–Trinajstić information content (AvgIpc) is 2.53. The van der Waals surface area contributed by atoms with Crippen molar-refractivity contribution in [3.63, 3.8) is 0 Å². The van der Waals surface area contributed by atoms with Crippen LogP contribution in [0.25, 0.3) is 0 Å². The number of nitrogens with zero attached hydrogens (tertiary/aromatic N) is 1. The van der Waals surface area contributed by atoms with Gasteiger partial charge in [0.25, 0.3) is 5.60 Å². The van der Waals surface area contributed by atoms with Crippen LogP contribution in [0, 0.1) is 0 Å². The van der Waals surface area contributed by atoms with Gasteiger partial charge in [-0.05, 0) is 32.9 Å². The van der Waals surface area contributed by atoms with E-state index in [-0.39, 0.29) is 25.4 Å². The summed E-state index contributed by atoms with van der Waals surface area (Å²) in [5.41, 5.74) is -6.43. The van der Waals surface area contributed by atoms with Gasteiger partial charge in [0, 0.05) is 17.8 Å². The largest absolute Gasteiger partial charge is 0.435 e. The van der Waals surface area contributed by atoms with Crippen molar-refractivity contribution in [2.75, 3.05) is 24.4 Å². The minimum absolute atomic E-state index is 0.00770. The van der Waals surface area contributed by atoms with Crippen molar-refractivity contribution in [1.82, 2.24) is 0 Å². The van der Waals surface area contributed by atoms with Gasteiger partial charge in [0.1, 0.15) is 0 Å². The molecule has 0 amide bonds. The first-order chi connectivity index (χ1) is 12.3. The first kappa shape index (κ1) is 23.7. The minimum atomic E-state index is -5.98. The molecule has 0 saturated carbocycles. The fraction of sp³-hybridized carbons (Fsp3) is 0.600. The summed E-state index contributed by atoms with van der Waals surface area (Å²) < 4.78 is 102. The van der Waals surface area contributed by atoms with Crippen LogP contribution in [-0.2, 0) is 19.2 Å². The molecule has 0 aliphatic carbocycles. The molecule has 1 N–H and O–H groups in total. The third-order valence-electron chi connectivity index (χ3n) is 3.58. The topological polar surface area (TPSA) is 59.0 Å². The van der Waals surface area contributed by atoms with Crippen molar-refractivity contribution >= 4 is 13.4 Å². The molecule has 0 aliphatic heterocycles. The van der Waals surface area contributed by atoms with Crippen LogP contribution in [0.1, 0.15) is 26.3 Å². The van der Waals surface area contributed by atoms with Crippen molar-refractivity contribution in [3.8, 4) is 0 Å². The van der Waals surface area contributed by atoms with E-state index in [1.807, 2.05) is 0 Å². The van der Waals surface area contributed by atoms with E-state index in [1.165, 1.54) is 0 Å². The van der Waals surface area contributed by atoms with E-state index in [0.717, 1.165) is 16.8 Å². The fourth-order valence-corrected chi connectivity index (χ4v) is 4.13. The van der Waals surface area contributed by atoms with Gasteiger partial charge in [0.15, 0.2) is 0 Å². The molecule has 27 heavy (non-hydrogen) atoms. The van der Waals surface area contributed by atoms with Crippen molar-refractivity contribution in [2.45, 2.75) is 38.7 Å². The third-order valence-corrected chi connectivity index (χ3v) is 5.86. The fourth-order valence-electron chi connectivity index (χ4n) is 2.36. The lowest BCUT2D eigenvalue weighted by atomic mass is 9.92. The number of aliphatic hydroxyl groups is 1. The van der Waals surface area contributed by atoms with Gasteiger partial charge in [0.2, 0.25) is 0 Å². The lowest BCUT2D eigenvalue weighted by molar-refractivity contribution is -0.376. The molecule has 156 valence electrons. The number of halogens is 6. The molecule has 0 aromatic heterocycles. The summed E-state index contributed by atoms with van der Waals surface area (Å²) in [4.78, 5) is 0. The summed E-state index contributed by atoms with van der Waals surface area (Å²) in [5, 5.41) is 9.40. The van der Waals surface area contributed by atoms with Gasteiger partial charge in [-0.15, -0.1) is 0 Å². The molecule has 5 nitrogen and oxygen atoms in total. The van der Waals surface area contributed by atoms with Gasteiger partial charge in [-0.1, -0.05) is 12.1 Å². The Morgan fingerprint density at radius 1 is 0.926 bits per heavy atom. The predicted octanol–water partition coefficient (Wildman–Crippen LogP) is 5.01. The van der Waals surface area contributed by atoms with Crippen molar-refractivity contribution < 1.29 is 45.1 Å².